The van der Waals surface area contributed by atoms with Crippen LogP contribution in [0.1, 0.15) is 32.1 Å². The van der Waals surface area contributed by atoms with Crippen LogP contribution in [0, 0.1) is 0 Å². The van der Waals surface area contributed by atoms with Gasteiger partial charge in [0.25, 0.3) is 0 Å². The van der Waals surface area contributed by atoms with Gasteiger partial charge in [-0.1, -0.05) is 0 Å². The van der Waals surface area contributed by atoms with Crippen LogP contribution >= 0.6 is 0 Å². The predicted molar refractivity (Wildman–Crippen MR) is 66.0 cm³/mol. The third kappa shape index (κ3) is 2.12. The summed E-state index contributed by atoms with van der Waals surface area (Å²) in [5.41, 5.74) is -0.0531. The Morgan fingerprint density at radius 2 is 2.24 bits per heavy atom. The van der Waals surface area contributed by atoms with E-state index in [1.165, 1.54) is 32.2 Å². The van der Waals surface area contributed by atoms with Crippen LogP contribution in [0.15, 0.2) is 0 Å². The lowest BCUT2D eigenvalue weighted by molar-refractivity contribution is 0.0778. The number of rotatable bonds is 4. The molecule has 0 spiro atoms. The van der Waals surface area contributed by atoms with Crippen LogP contribution in [-0.2, 0) is 4.74 Å². The molecule has 3 atom stereocenters. The van der Waals surface area contributed by atoms with E-state index in [4.69, 9.17) is 4.74 Å². The molecule has 4 nitrogen and oxygen atoms in total. The van der Waals surface area contributed by atoms with Crippen LogP contribution in [0.5, 0.6) is 0 Å². The Labute approximate surface area is 103 Å². The molecule has 3 aliphatic heterocycles. The van der Waals surface area contributed by atoms with Crippen molar-refractivity contribution in [3.8, 4) is 0 Å². The molecule has 2 N–H and O–H groups in total. The van der Waals surface area contributed by atoms with Crippen molar-refractivity contribution in [3.05, 3.63) is 0 Å². The fraction of sp³-hybridized carbons (Fsp3) is 1.00. The summed E-state index contributed by atoms with van der Waals surface area (Å²) in [4.78, 5) is 2.54. The van der Waals surface area contributed by atoms with Gasteiger partial charge in [-0.25, -0.2) is 0 Å². The van der Waals surface area contributed by atoms with Crippen LogP contribution in [0.4, 0.5) is 0 Å². The average Bonchev–Trinajstić information content (AvgIpc) is 3.05. The van der Waals surface area contributed by atoms with E-state index in [0.717, 1.165) is 26.1 Å². The highest BCUT2D eigenvalue weighted by Gasteiger charge is 2.48. The van der Waals surface area contributed by atoms with Crippen molar-refractivity contribution in [1.82, 2.24) is 10.2 Å². The molecule has 0 bridgehead atoms. The highest BCUT2D eigenvalue weighted by atomic mass is 16.5. The minimum absolute atomic E-state index is 0.0531. The number of nitrogens with one attached hydrogen (secondary N) is 1. The standard InChI is InChI=1S/C13H24N2O2/c16-10-13(14-9-11-3-2-8-17-11)5-7-15-6-1-4-12(13)15/h11-12,14,16H,1-10H2. The first-order valence-electron chi connectivity index (χ1n) is 7.06. The molecule has 0 aromatic carbocycles. The Hall–Kier alpha value is -0.160. The molecule has 3 aliphatic rings. The minimum atomic E-state index is -0.0531. The number of hydrogen-bond acceptors (Lipinski definition) is 4. The molecule has 3 unspecified atom stereocenters. The Morgan fingerprint density at radius 3 is 3.00 bits per heavy atom. The second kappa shape index (κ2) is 4.84. The van der Waals surface area contributed by atoms with Gasteiger partial charge in [-0.15, -0.1) is 0 Å². The number of nitrogens with zero attached hydrogens (tertiary/aromatic N) is 1. The first-order valence-corrected chi connectivity index (χ1v) is 7.06. The quantitative estimate of drug-likeness (QED) is 0.744. The second-order valence-electron chi connectivity index (χ2n) is 5.77. The summed E-state index contributed by atoms with van der Waals surface area (Å²) in [6, 6.07) is 0.550. The first kappa shape index (κ1) is 11.9. The number of aliphatic hydroxyl groups excluding tert-OH is 1. The molecule has 98 valence electrons. The zero-order chi connectivity index (χ0) is 11.7. The minimum Gasteiger partial charge on any atom is -0.394 e. The molecule has 0 aromatic heterocycles. The van der Waals surface area contributed by atoms with Gasteiger partial charge in [-0.2, -0.15) is 0 Å². The maximum atomic E-state index is 9.81. The molecule has 4 heteroatoms. The van der Waals surface area contributed by atoms with Gasteiger partial charge in [-0.3, -0.25) is 4.90 Å². The molecular formula is C13H24N2O2. The van der Waals surface area contributed by atoms with Crippen molar-refractivity contribution < 1.29 is 9.84 Å². The summed E-state index contributed by atoms with van der Waals surface area (Å²) in [6.45, 7) is 4.44. The number of fused-ring (bicyclic) bond motifs is 1. The number of hydrogen-bond donors (Lipinski definition) is 2. The van der Waals surface area contributed by atoms with E-state index in [2.05, 4.69) is 10.2 Å². The summed E-state index contributed by atoms with van der Waals surface area (Å²) < 4.78 is 5.66. The van der Waals surface area contributed by atoms with Gasteiger partial charge in [0.05, 0.1) is 18.2 Å². The Morgan fingerprint density at radius 1 is 1.29 bits per heavy atom. The molecule has 0 amide bonds. The molecule has 0 aliphatic carbocycles. The van der Waals surface area contributed by atoms with Crippen molar-refractivity contribution in [3.63, 3.8) is 0 Å². The zero-order valence-corrected chi connectivity index (χ0v) is 10.5. The van der Waals surface area contributed by atoms with Gasteiger partial charge >= 0.3 is 0 Å². The van der Waals surface area contributed by atoms with E-state index >= 15 is 0 Å². The Balaban J connectivity index is 1.61. The Bertz CT molecular complexity index is 268. The highest BCUT2D eigenvalue weighted by Crippen LogP contribution is 2.35. The lowest BCUT2D eigenvalue weighted by atomic mass is 9.89. The second-order valence-corrected chi connectivity index (χ2v) is 5.77. The van der Waals surface area contributed by atoms with Crippen molar-refractivity contribution in [2.75, 3.05) is 32.8 Å². The van der Waals surface area contributed by atoms with E-state index in [0.29, 0.717) is 12.1 Å². The van der Waals surface area contributed by atoms with Gasteiger partial charge in [0.1, 0.15) is 0 Å². The number of aliphatic hydroxyl groups is 1. The molecule has 3 heterocycles. The largest absolute Gasteiger partial charge is 0.394 e. The lowest BCUT2D eigenvalue weighted by Gasteiger charge is -2.35. The third-order valence-corrected chi connectivity index (χ3v) is 4.83. The van der Waals surface area contributed by atoms with Crippen LogP contribution < -0.4 is 5.32 Å². The molecule has 17 heavy (non-hydrogen) atoms. The zero-order valence-electron chi connectivity index (χ0n) is 10.5. The normalized spacial score (nSPS) is 42.2. The maximum Gasteiger partial charge on any atom is 0.0700 e. The maximum absolute atomic E-state index is 9.81. The molecule has 3 rings (SSSR count). The summed E-state index contributed by atoms with van der Waals surface area (Å²) in [5, 5.41) is 13.4. The van der Waals surface area contributed by atoms with Crippen molar-refractivity contribution in [2.24, 2.45) is 0 Å². The SMILES string of the molecule is OCC1(NCC2CCCO2)CCN2CCCC21. The molecular weight excluding hydrogens is 216 g/mol. The van der Waals surface area contributed by atoms with Crippen molar-refractivity contribution in [1.29, 1.82) is 0 Å². The average molecular weight is 240 g/mol. The van der Waals surface area contributed by atoms with Crippen LogP contribution in [0.2, 0.25) is 0 Å². The number of ether oxygens (including phenoxy) is 1. The molecule has 0 saturated carbocycles. The van der Waals surface area contributed by atoms with Gasteiger partial charge in [-0.05, 0) is 38.6 Å². The smallest absolute Gasteiger partial charge is 0.0700 e. The molecule has 0 aromatic rings. The van der Waals surface area contributed by atoms with Crippen molar-refractivity contribution >= 4 is 0 Å². The van der Waals surface area contributed by atoms with Gasteiger partial charge in [0, 0.05) is 25.7 Å². The monoisotopic (exact) mass is 240 g/mol. The van der Waals surface area contributed by atoms with E-state index in [1.807, 2.05) is 0 Å². The van der Waals surface area contributed by atoms with E-state index < -0.39 is 0 Å². The summed E-state index contributed by atoms with van der Waals surface area (Å²) in [5.74, 6) is 0. The fourth-order valence-electron chi connectivity index (χ4n) is 3.80. The van der Waals surface area contributed by atoms with Crippen molar-refractivity contribution in [2.45, 2.75) is 49.8 Å². The molecule has 3 saturated heterocycles. The summed E-state index contributed by atoms with van der Waals surface area (Å²) in [6.07, 6.45) is 6.33. The topological polar surface area (TPSA) is 44.7 Å². The lowest BCUT2D eigenvalue weighted by Crippen LogP contribution is -2.57. The van der Waals surface area contributed by atoms with Crippen LogP contribution in [0.3, 0.4) is 0 Å². The van der Waals surface area contributed by atoms with Gasteiger partial charge < -0.3 is 15.2 Å². The first-order chi connectivity index (χ1) is 8.34. The molecule has 0 radical (unpaired) electrons. The van der Waals surface area contributed by atoms with Gasteiger partial charge in [0.15, 0.2) is 0 Å². The fourth-order valence-corrected chi connectivity index (χ4v) is 3.80. The third-order valence-electron chi connectivity index (χ3n) is 4.83. The van der Waals surface area contributed by atoms with E-state index in [9.17, 15) is 5.11 Å². The van der Waals surface area contributed by atoms with E-state index in [1.54, 1.807) is 0 Å². The highest BCUT2D eigenvalue weighted by molar-refractivity contribution is 5.08. The van der Waals surface area contributed by atoms with Crippen LogP contribution in [0.25, 0.3) is 0 Å². The van der Waals surface area contributed by atoms with Crippen LogP contribution in [-0.4, -0.2) is 60.5 Å². The van der Waals surface area contributed by atoms with E-state index in [-0.39, 0.29) is 12.1 Å². The summed E-state index contributed by atoms with van der Waals surface area (Å²) >= 11 is 0. The molecule has 3 fully saturated rings. The summed E-state index contributed by atoms with van der Waals surface area (Å²) in [7, 11) is 0. The Kier molecular flexibility index (Phi) is 3.39. The van der Waals surface area contributed by atoms with Gasteiger partial charge in [0.2, 0.25) is 0 Å². The predicted octanol–water partition coefficient (Wildman–Crippen LogP) is 0.354.